The number of hydrogen-bond donors (Lipinski definition) is 1. The molecule has 0 bridgehead atoms. The van der Waals surface area contributed by atoms with Crippen molar-refractivity contribution in [1.82, 2.24) is 4.98 Å². The van der Waals surface area contributed by atoms with Crippen LogP contribution in [0, 0.1) is 6.92 Å². The first-order valence-corrected chi connectivity index (χ1v) is 8.66. The minimum absolute atomic E-state index is 0.0405. The van der Waals surface area contributed by atoms with Crippen LogP contribution in [0.2, 0.25) is 5.02 Å². The van der Waals surface area contributed by atoms with Gasteiger partial charge in [0.15, 0.2) is 10.9 Å². The standard InChI is InChI=1S/C18H15ClN2O2S/c1-11-2-4-12(5-3-11)15(22)8-9-17(23)21-18-20-14-7-6-13(19)10-16(14)24-18/h2-7,10H,8-9H2,1H3,(H,20,21,23). The Morgan fingerprint density at radius 2 is 1.88 bits per heavy atom. The number of anilines is 1. The Kier molecular flexibility index (Phi) is 4.92. The Labute approximate surface area is 148 Å². The summed E-state index contributed by atoms with van der Waals surface area (Å²) in [7, 11) is 0. The quantitative estimate of drug-likeness (QED) is 0.662. The van der Waals surface area contributed by atoms with Crippen LogP contribution in [-0.4, -0.2) is 16.7 Å². The molecule has 4 nitrogen and oxygen atoms in total. The van der Waals surface area contributed by atoms with Crippen molar-refractivity contribution in [2.24, 2.45) is 0 Å². The zero-order chi connectivity index (χ0) is 17.1. The van der Waals surface area contributed by atoms with Crippen molar-refractivity contribution in [2.45, 2.75) is 19.8 Å². The third-order valence-electron chi connectivity index (χ3n) is 3.55. The summed E-state index contributed by atoms with van der Waals surface area (Å²) in [4.78, 5) is 28.4. The van der Waals surface area contributed by atoms with Gasteiger partial charge in [0.05, 0.1) is 10.2 Å². The third kappa shape index (κ3) is 3.99. The molecule has 3 rings (SSSR count). The second kappa shape index (κ2) is 7.11. The van der Waals surface area contributed by atoms with Gasteiger partial charge >= 0.3 is 0 Å². The van der Waals surface area contributed by atoms with E-state index in [-0.39, 0.29) is 24.5 Å². The van der Waals surface area contributed by atoms with Gasteiger partial charge in [-0.05, 0) is 25.1 Å². The fourth-order valence-corrected chi connectivity index (χ4v) is 3.40. The van der Waals surface area contributed by atoms with Crippen LogP contribution in [0.25, 0.3) is 10.2 Å². The molecule has 2 aromatic carbocycles. The van der Waals surface area contributed by atoms with Gasteiger partial charge in [0.25, 0.3) is 0 Å². The number of benzene rings is 2. The molecule has 1 aromatic heterocycles. The van der Waals surface area contributed by atoms with E-state index in [0.29, 0.717) is 15.7 Å². The summed E-state index contributed by atoms with van der Waals surface area (Å²) < 4.78 is 0.911. The molecule has 0 aliphatic rings. The van der Waals surface area contributed by atoms with E-state index in [1.807, 2.05) is 31.2 Å². The lowest BCUT2D eigenvalue weighted by Crippen LogP contribution is -2.13. The van der Waals surface area contributed by atoms with Gasteiger partial charge in [0.1, 0.15) is 0 Å². The van der Waals surface area contributed by atoms with Crippen LogP contribution in [0.4, 0.5) is 5.13 Å². The number of ketones is 1. The first-order valence-electron chi connectivity index (χ1n) is 7.47. The number of aromatic nitrogens is 1. The van der Waals surface area contributed by atoms with Crippen molar-refractivity contribution in [3.05, 3.63) is 58.6 Å². The number of rotatable bonds is 5. The summed E-state index contributed by atoms with van der Waals surface area (Å²) in [5.41, 5.74) is 2.51. The molecule has 0 aliphatic heterocycles. The summed E-state index contributed by atoms with van der Waals surface area (Å²) in [6.07, 6.45) is 0.301. The summed E-state index contributed by atoms with van der Waals surface area (Å²) in [5.74, 6) is -0.262. The minimum atomic E-state index is -0.222. The Hall–Kier alpha value is -2.24. The lowest BCUT2D eigenvalue weighted by atomic mass is 10.1. The van der Waals surface area contributed by atoms with Gasteiger partial charge in [-0.15, -0.1) is 0 Å². The molecule has 0 saturated heterocycles. The highest BCUT2D eigenvalue weighted by Crippen LogP contribution is 2.28. The van der Waals surface area contributed by atoms with E-state index in [9.17, 15) is 9.59 Å². The first kappa shape index (κ1) is 16.6. The molecule has 6 heteroatoms. The molecule has 3 aromatic rings. The summed E-state index contributed by atoms with van der Waals surface area (Å²) in [6.45, 7) is 1.97. The van der Waals surface area contributed by atoms with Gasteiger partial charge < -0.3 is 5.32 Å². The van der Waals surface area contributed by atoms with Gasteiger partial charge in [0.2, 0.25) is 5.91 Å². The van der Waals surface area contributed by atoms with Gasteiger partial charge in [-0.2, -0.15) is 0 Å². The molecule has 24 heavy (non-hydrogen) atoms. The maximum atomic E-state index is 12.1. The Bertz CT molecular complexity index is 903. The number of Topliss-reactive ketones (excluding diaryl/α,β-unsaturated/α-hetero) is 1. The predicted molar refractivity (Wildman–Crippen MR) is 98.0 cm³/mol. The van der Waals surface area contributed by atoms with E-state index < -0.39 is 0 Å². The molecule has 1 N–H and O–H groups in total. The van der Waals surface area contributed by atoms with E-state index in [4.69, 9.17) is 11.6 Å². The molecular weight excluding hydrogens is 344 g/mol. The van der Waals surface area contributed by atoms with Crippen LogP contribution in [0.1, 0.15) is 28.8 Å². The van der Waals surface area contributed by atoms with Gasteiger partial charge in [-0.3, -0.25) is 9.59 Å². The van der Waals surface area contributed by atoms with Crippen molar-refractivity contribution in [3.8, 4) is 0 Å². The van der Waals surface area contributed by atoms with Crippen LogP contribution in [-0.2, 0) is 4.79 Å². The number of hydrogen-bond acceptors (Lipinski definition) is 4. The van der Waals surface area contributed by atoms with Gasteiger partial charge in [-0.25, -0.2) is 4.98 Å². The molecule has 0 saturated carbocycles. The second-order valence-electron chi connectivity index (χ2n) is 5.47. The van der Waals surface area contributed by atoms with E-state index in [1.54, 1.807) is 18.2 Å². The van der Waals surface area contributed by atoms with Crippen LogP contribution in [0.15, 0.2) is 42.5 Å². The fourth-order valence-electron chi connectivity index (χ4n) is 2.24. The molecule has 122 valence electrons. The SMILES string of the molecule is Cc1ccc(C(=O)CCC(=O)Nc2nc3ccc(Cl)cc3s2)cc1. The number of nitrogens with one attached hydrogen (secondary N) is 1. The van der Waals surface area contributed by atoms with Crippen molar-refractivity contribution in [1.29, 1.82) is 0 Å². The Morgan fingerprint density at radius 1 is 1.12 bits per heavy atom. The highest BCUT2D eigenvalue weighted by atomic mass is 35.5. The lowest BCUT2D eigenvalue weighted by molar-refractivity contribution is -0.116. The smallest absolute Gasteiger partial charge is 0.226 e. The number of nitrogens with zero attached hydrogens (tertiary/aromatic N) is 1. The molecule has 1 amide bonds. The van der Waals surface area contributed by atoms with Crippen molar-refractivity contribution in [2.75, 3.05) is 5.32 Å². The van der Waals surface area contributed by atoms with Crippen LogP contribution in [0.5, 0.6) is 0 Å². The van der Waals surface area contributed by atoms with Gasteiger partial charge in [0, 0.05) is 23.4 Å². The molecule has 1 heterocycles. The Balaban J connectivity index is 1.58. The summed E-state index contributed by atoms with van der Waals surface area (Å²) in [6, 6.07) is 12.7. The zero-order valence-corrected chi connectivity index (χ0v) is 14.6. The average molecular weight is 359 g/mol. The monoisotopic (exact) mass is 358 g/mol. The third-order valence-corrected chi connectivity index (χ3v) is 4.72. The van der Waals surface area contributed by atoms with Crippen molar-refractivity contribution < 1.29 is 9.59 Å². The van der Waals surface area contributed by atoms with Crippen LogP contribution < -0.4 is 5.32 Å². The van der Waals surface area contributed by atoms with E-state index in [2.05, 4.69) is 10.3 Å². The average Bonchev–Trinajstić information content (AvgIpc) is 2.94. The van der Waals surface area contributed by atoms with Crippen LogP contribution >= 0.6 is 22.9 Å². The highest BCUT2D eigenvalue weighted by molar-refractivity contribution is 7.22. The highest BCUT2D eigenvalue weighted by Gasteiger charge is 2.11. The molecule has 0 fully saturated rings. The molecule has 0 aliphatic carbocycles. The molecule has 0 spiro atoms. The molecule has 0 unspecified atom stereocenters. The second-order valence-corrected chi connectivity index (χ2v) is 6.94. The maximum absolute atomic E-state index is 12.1. The predicted octanol–water partition coefficient (Wildman–Crippen LogP) is 4.86. The minimum Gasteiger partial charge on any atom is -0.302 e. The van der Waals surface area contributed by atoms with Crippen molar-refractivity contribution >= 4 is 50.0 Å². The van der Waals surface area contributed by atoms with E-state index >= 15 is 0 Å². The largest absolute Gasteiger partial charge is 0.302 e. The lowest BCUT2D eigenvalue weighted by Gasteiger charge is -2.02. The number of halogens is 1. The van der Waals surface area contributed by atoms with E-state index in [1.165, 1.54) is 11.3 Å². The number of carbonyl (C=O) groups is 2. The van der Waals surface area contributed by atoms with E-state index in [0.717, 1.165) is 15.8 Å². The summed E-state index contributed by atoms with van der Waals surface area (Å²) >= 11 is 7.30. The van der Waals surface area contributed by atoms with Gasteiger partial charge in [-0.1, -0.05) is 52.8 Å². The fraction of sp³-hybridized carbons (Fsp3) is 0.167. The topological polar surface area (TPSA) is 59.1 Å². The first-order chi connectivity index (χ1) is 11.5. The Morgan fingerprint density at radius 3 is 2.62 bits per heavy atom. The summed E-state index contributed by atoms with van der Waals surface area (Å²) in [5, 5.41) is 3.89. The molecular formula is C18H15ClN2O2S. The number of amides is 1. The zero-order valence-electron chi connectivity index (χ0n) is 13.0. The number of thiazole rings is 1. The molecule has 0 radical (unpaired) electrons. The van der Waals surface area contributed by atoms with Crippen molar-refractivity contribution in [3.63, 3.8) is 0 Å². The normalized spacial score (nSPS) is 10.8. The van der Waals surface area contributed by atoms with Crippen LogP contribution in [0.3, 0.4) is 0 Å². The number of aryl methyl sites for hydroxylation is 1. The number of carbonyl (C=O) groups excluding carboxylic acids is 2. The molecule has 0 atom stereocenters. The maximum Gasteiger partial charge on any atom is 0.226 e. The number of fused-ring (bicyclic) bond motifs is 1.